The van der Waals surface area contributed by atoms with Crippen LogP contribution in [0.3, 0.4) is 0 Å². The van der Waals surface area contributed by atoms with E-state index in [0.717, 1.165) is 6.54 Å². The van der Waals surface area contributed by atoms with Crippen molar-refractivity contribution in [2.45, 2.75) is 32.5 Å². The van der Waals surface area contributed by atoms with Crippen molar-refractivity contribution < 1.29 is 0 Å². The Hall–Kier alpha value is -1.02. The molecule has 1 aliphatic heterocycles. The minimum absolute atomic E-state index is 0.218. The van der Waals surface area contributed by atoms with Crippen molar-refractivity contribution in [2.24, 2.45) is 0 Å². The lowest BCUT2D eigenvalue weighted by Gasteiger charge is -2.23. The van der Waals surface area contributed by atoms with Crippen molar-refractivity contribution in [3.8, 4) is 0 Å². The average Bonchev–Trinajstić information content (AvgIpc) is 2.41. The van der Waals surface area contributed by atoms with Gasteiger partial charge in [-0.2, -0.15) is 0 Å². The first-order valence-corrected chi connectivity index (χ1v) is 5.18. The van der Waals surface area contributed by atoms with Gasteiger partial charge >= 0.3 is 0 Å². The Morgan fingerprint density at radius 1 is 1.29 bits per heavy atom. The molecule has 1 saturated heterocycles. The predicted molar refractivity (Wildman–Crippen MR) is 60.5 cm³/mol. The lowest BCUT2D eigenvalue weighted by Crippen LogP contribution is -2.38. The molecule has 14 heavy (non-hydrogen) atoms. The molecule has 1 N–H and O–H groups in total. The third-order valence-corrected chi connectivity index (χ3v) is 2.72. The van der Waals surface area contributed by atoms with Crippen LogP contribution in [0.4, 0.5) is 5.69 Å². The van der Waals surface area contributed by atoms with Crippen LogP contribution in [0.1, 0.15) is 20.8 Å². The van der Waals surface area contributed by atoms with Gasteiger partial charge in [-0.1, -0.05) is 18.2 Å². The zero-order chi connectivity index (χ0) is 10.2. The summed E-state index contributed by atoms with van der Waals surface area (Å²) < 4.78 is 0. The first-order chi connectivity index (χ1) is 6.58. The molecule has 1 aromatic carbocycles. The summed E-state index contributed by atoms with van der Waals surface area (Å²) in [6.07, 6.45) is 0.424. The molecular formula is C12H18N2. The van der Waals surface area contributed by atoms with Gasteiger partial charge in [0.15, 0.2) is 0 Å². The maximum Gasteiger partial charge on any atom is 0.0772 e. The molecule has 1 atom stereocenters. The quantitative estimate of drug-likeness (QED) is 0.730. The summed E-state index contributed by atoms with van der Waals surface area (Å²) in [5.41, 5.74) is 1.52. The SMILES string of the molecule is CC1NC(C)(C)CN1c1ccccc1. The summed E-state index contributed by atoms with van der Waals surface area (Å²) in [6.45, 7) is 7.76. The monoisotopic (exact) mass is 190 g/mol. The third-order valence-electron chi connectivity index (χ3n) is 2.72. The molecule has 0 radical (unpaired) electrons. The molecule has 0 amide bonds. The number of hydrogen-bond acceptors (Lipinski definition) is 2. The number of hydrogen-bond donors (Lipinski definition) is 1. The highest BCUT2D eigenvalue weighted by Gasteiger charge is 2.33. The number of nitrogens with one attached hydrogen (secondary N) is 1. The molecule has 76 valence electrons. The minimum atomic E-state index is 0.218. The molecule has 1 aliphatic rings. The fourth-order valence-corrected chi connectivity index (χ4v) is 2.19. The Morgan fingerprint density at radius 3 is 2.43 bits per heavy atom. The predicted octanol–water partition coefficient (Wildman–Crippen LogP) is 2.22. The van der Waals surface area contributed by atoms with Crippen molar-refractivity contribution in [3.63, 3.8) is 0 Å². The second kappa shape index (κ2) is 3.28. The summed E-state index contributed by atoms with van der Waals surface area (Å²) in [6, 6.07) is 10.6. The molecular weight excluding hydrogens is 172 g/mol. The summed E-state index contributed by atoms with van der Waals surface area (Å²) in [5, 5.41) is 3.57. The van der Waals surface area contributed by atoms with Crippen LogP contribution in [0.25, 0.3) is 0 Å². The molecule has 0 bridgehead atoms. The molecule has 2 rings (SSSR count). The highest BCUT2D eigenvalue weighted by Crippen LogP contribution is 2.24. The molecule has 0 aliphatic carbocycles. The van der Waals surface area contributed by atoms with E-state index in [9.17, 15) is 0 Å². The molecule has 1 fully saturated rings. The zero-order valence-electron chi connectivity index (χ0n) is 9.12. The molecule has 2 nitrogen and oxygen atoms in total. The van der Waals surface area contributed by atoms with Crippen molar-refractivity contribution in [2.75, 3.05) is 11.4 Å². The van der Waals surface area contributed by atoms with E-state index in [1.807, 2.05) is 0 Å². The van der Waals surface area contributed by atoms with Crippen LogP contribution in [0, 0.1) is 0 Å². The Kier molecular flexibility index (Phi) is 2.23. The Morgan fingerprint density at radius 2 is 1.93 bits per heavy atom. The average molecular weight is 190 g/mol. The van der Waals surface area contributed by atoms with Gasteiger partial charge in [-0.25, -0.2) is 0 Å². The van der Waals surface area contributed by atoms with Crippen molar-refractivity contribution >= 4 is 5.69 Å². The molecule has 1 heterocycles. The lowest BCUT2D eigenvalue weighted by molar-refractivity contribution is 0.456. The van der Waals surface area contributed by atoms with Crippen molar-refractivity contribution in [1.82, 2.24) is 5.32 Å². The molecule has 0 saturated carbocycles. The maximum atomic E-state index is 3.57. The maximum absolute atomic E-state index is 3.57. The van der Waals surface area contributed by atoms with Crippen LogP contribution < -0.4 is 10.2 Å². The first-order valence-electron chi connectivity index (χ1n) is 5.18. The Bertz CT molecular complexity index is 305. The number of para-hydroxylation sites is 1. The second-order valence-electron chi connectivity index (χ2n) is 4.67. The standard InChI is InChI=1S/C12H18N2/c1-10-13-12(2,3)9-14(10)11-7-5-4-6-8-11/h4-8,10,13H,9H2,1-3H3. The summed E-state index contributed by atoms with van der Waals surface area (Å²) >= 11 is 0. The largest absolute Gasteiger partial charge is 0.354 e. The van der Waals surface area contributed by atoms with Gasteiger partial charge in [0, 0.05) is 17.8 Å². The Labute approximate surface area is 85.9 Å². The third kappa shape index (κ3) is 1.75. The Balaban J connectivity index is 2.21. The van der Waals surface area contributed by atoms with Crippen LogP contribution >= 0.6 is 0 Å². The highest BCUT2D eigenvalue weighted by atomic mass is 15.4. The van der Waals surface area contributed by atoms with Gasteiger partial charge in [-0.3, -0.25) is 5.32 Å². The fourth-order valence-electron chi connectivity index (χ4n) is 2.19. The van der Waals surface area contributed by atoms with Gasteiger partial charge in [-0.05, 0) is 32.9 Å². The van der Waals surface area contributed by atoms with Gasteiger partial charge in [0.1, 0.15) is 0 Å². The fraction of sp³-hybridized carbons (Fsp3) is 0.500. The summed E-state index contributed by atoms with van der Waals surface area (Å²) in [5.74, 6) is 0. The zero-order valence-corrected chi connectivity index (χ0v) is 9.12. The molecule has 1 aromatic rings. The highest BCUT2D eigenvalue weighted by molar-refractivity contribution is 5.48. The molecule has 0 aromatic heterocycles. The smallest absolute Gasteiger partial charge is 0.0772 e. The number of rotatable bonds is 1. The number of benzene rings is 1. The number of nitrogens with zero attached hydrogens (tertiary/aromatic N) is 1. The van der Waals surface area contributed by atoms with E-state index in [4.69, 9.17) is 0 Å². The van der Waals surface area contributed by atoms with E-state index in [0.29, 0.717) is 6.17 Å². The van der Waals surface area contributed by atoms with Crippen LogP contribution in [0.2, 0.25) is 0 Å². The van der Waals surface area contributed by atoms with Gasteiger partial charge in [0.25, 0.3) is 0 Å². The summed E-state index contributed by atoms with van der Waals surface area (Å²) in [7, 11) is 0. The van der Waals surface area contributed by atoms with E-state index >= 15 is 0 Å². The lowest BCUT2D eigenvalue weighted by atomic mass is 10.1. The van der Waals surface area contributed by atoms with E-state index in [2.05, 4.69) is 61.3 Å². The molecule has 2 heteroatoms. The van der Waals surface area contributed by atoms with Crippen molar-refractivity contribution in [1.29, 1.82) is 0 Å². The normalized spacial score (nSPS) is 25.4. The van der Waals surface area contributed by atoms with Crippen LogP contribution in [-0.2, 0) is 0 Å². The van der Waals surface area contributed by atoms with Gasteiger partial charge in [0.05, 0.1) is 6.17 Å². The molecule has 0 spiro atoms. The summed E-state index contributed by atoms with van der Waals surface area (Å²) in [4.78, 5) is 2.40. The van der Waals surface area contributed by atoms with E-state index in [-0.39, 0.29) is 5.54 Å². The van der Waals surface area contributed by atoms with Crippen LogP contribution in [0.15, 0.2) is 30.3 Å². The minimum Gasteiger partial charge on any atom is -0.354 e. The van der Waals surface area contributed by atoms with Crippen LogP contribution in [-0.4, -0.2) is 18.2 Å². The topological polar surface area (TPSA) is 15.3 Å². The van der Waals surface area contributed by atoms with E-state index in [1.165, 1.54) is 5.69 Å². The van der Waals surface area contributed by atoms with E-state index < -0.39 is 0 Å². The first kappa shape index (κ1) is 9.53. The van der Waals surface area contributed by atoms with Crippen LogP contribution in [0.5, 0.6) is 0 Å². The van der Waals surface area contributed by atoms with E-state index in [1.54, 1.807) is 0 Å². The van der Waals surface area contributed by atoms with Gasteiger partial charge in [-0.15, -0.1) is 0 Å². The van der Waals surface area contributed by atoms with Gasteiger partial charge in [0.2, 0.25) is 0 Å². The second-order valence-corrected chi connectivity index (χ2v) is 4.67. The van der Waals surface area contributed by atoms with Gasteiger partial charge < -0.3 is 4.90 Å². The van der Waals surface area contributed by atoms with Crippen molar-refractivity contribution in [3.05, 3.63) is 30.3 Å². The number of anilines is 1. The molecule has 1 unspecified atom stereocenters.